The van der Waals surface area contributed by atoms with Crippen LogP contribution in [-0.2, 0) is 9.53 Å². The number of urea groups is 1. The zero-order chi connectivity index (χ0) is 18.5. The third-order valence-electron chi connectivity index (χ3n) is 3.52. The minimum absolute atomic E-state index is 0.127. The smallest absolute Gasteiger partial charge is 0.337 e. The molecule has 0 radical (unpaired) electrons. The van der Waals surface area contributed by atoms with Crippen LogP contribution < -0.4 is 10.6 Å². The number of rotatable bonds is 6. The van der Waals surface area contributed by atoms with Crippen LogP contribution in [0.25, 0.3) is 5.69 Å². The van der Waals surface area contributed by atoms with Gasteiger partial charge in [0.25, 0.3) is 0 Å². The Balaban J connectivity index is 1.80. The number of ether oxygens (including phenoxy) is 1. The number of nitrogens with one attached hydrogen (secondary N) is 2. The van der Waals surface area contributed by atoms with Crippen molar-refractivity contribution in [1.82, 2.24) is 25.4 Å². The van der Waals surface area contributed by atoms with Gasteiger partial charge in [-0.15, -0.1) is 10.2 Å². The third-order valence-corrected chi connectivity index (χ3v) is 4.73. The van der Waals surface area contributed by atoms with E-state index >= 15 is 0 Å². The van der Waals surface area contributed by atoms with Gasteiger partial charge < -0.3 is 15.4 Å². The molecule has 0 saturated carbocycles. The van der Waals surface area contributed by atoms with Gasteiger partial charge in [0.2, 0.25) is 0 Å². The monoisotopic (exact) mass is 393 g/mol. The molecule has 3 rings (SSSR count). The van der Waals surface area contributed by atoms with Crippen molar-refractivity contribution < 1.29 is 14.3 Å². The molecular weight excluding hydrogens is 378 g/mol. The van der Waals surface area contributed by atoms with Crippen molar-refractivity contribution in [2.45, 2.75) is 12.1 Å². The lowest BCUT2D eigenvalue weighted by atomic mass is 10.2. The number of hydrogen-bond acceptors (Lipinski definition) is 6. The number of thioether (sulfide) groups is 1. The Labute approximate surface area is 159 Å². The molecule has 1 aromatic heterocycles. The first kappa shape index (κ1) is 18.3. The number of benzene rings is 1. The van der Waals surface area contributed by atoms with Gasteiger partial charge in [-0.3, -0.25) is 4.57 Å². The first-order chi connectivity index (χ1) is 12.6. The highest BCUT2D eigenvalue weighted by atomic mass is 35.5. The average Bonchev–Trinajstić information content (AvgIpc) is 3.09. The number of carbonyl (C=O) groups excluding carboxylic acids is 2. The van der Waals surface area contributed by atoms with Gasteiger partial charge in [-0.2, -0.15) is 0 Å². The zero-order valence-corrected chi connectivity index (χ0v) is 15.4. The van der Waals surface area contributed by atoms with Gasteiger partial charge in [-0.05, 0) is 25.1 Å². The quantitative estimate of drug-likeness (QED) is 0.576. The van der Waals surface area contributed by atoms with Gasteiger partial charge in [-0.25, -0.2) is 9.59 Å². The fourth-order valence-corrected chi connectivity index (χ4v) is 3.43. The Kier molecular flexibility index (Phi) is 5.79. The molecule has 2 amide bonds. The summed E-state index contributed by atoms with van der Waals surface area (Å²) >= 11 is 7.38. The molecule has 0 spiro atoms. The summed E-state index contributed by atoms with van der Waals surface area (Å²) in [6.45, 7) is 2.12. The van der Waals surface area contributed by atoms with E-state index in [-0.39, 0.29) is 19.2 Å². The Morgan fingerprint density at radius 1 is 1.46 bits per heavy atom. The van der Waals surface area contributed by atoms with E-state index in [9.17, 15) is 9.59 Å². The maximum atomic E-state index is 12.1. The van der Waals surface area contributed by atoms with Crippen molar-refractivity contribution in [3.05, 3.63) is 46.9 Å². The average molecular weight is 394 g/mol. The van der Waals surface area contributed by atoms with Gasteiger partial charge in [0.05, 0.1) is 24.4 Å². The van der Waals surface area contributed by atoms with Crippen LogP contribution in [0.5, 0.6) is 0 Å². The molecule has 0 aliphatic carbocycles. The molecular formula is C16H16ClN5O3S. The second-order valence-electron chi connectivity index (χ2n) is 5.24. The third kappa shape index (κ3) is 4.17. The number of hydrogen-bond donors (Lipinski definition) is 2. The van der Waals surface area contributed by atoms with E-state index in [0.717, 1.165) is 5.69 Å². The fourth-order valence-electron chi connectivity index (χ4n) is 2.33. The lowest BCUT2D eigenvalue weighted by molar-refractivity contribution is -0.138. The predicted molar refractivity (Wildman–Crippen MR) is 97.3 cm³/mol. The van der Waals surface area contributed by atoms with Crippen LogP contribution in [0.15, 0.2) is 47.0 Å². The van der Waals surface area contributed by atoms with Gasteiger partial charge in [0.15, 0.2) is 5.16 Å². The summed E-state index contributed by atoms with van der Waals surface area (Å²) < 4.78 is 6.83. The van der Waals surface area contributed by atoms with Crippen LogP contribution >= 0.6 is 23.4 Å². The van der Waals surface area contributed by atoms with E-state index in [1.807, 2.05) is 12.1 Å². The van der Waals surface area contributed by atoms with Crippen molar-refractivity contribution >= 4 is 35.4 Å². The van der Waals surface area contributed by atoms with Crippen LogP contribution in [0.2, 0.25) is 5.02 Å². The molecule has 0 fully saturated rings. The Hall–Kier alpha value is -2.52. The lowest BCUT2D eigenvalue weighted by Gasteiger charge is -2.21. The molecule has 8 nitrogen and oxygen atoms in total. The number of amides is 2. The molecule has 0 bridgehead atoms. The normalized spacial score (nSPS) is 14.0. The number of esters is 1. The van der Waals surface area contributed by atoms with Crippen molar-refractivity contribution in [2.75, 3.05) is 18.9 Å². The topological polar surface area (TPSA) is 98.1 Å². The number of carbonyl (C=O) groups is 2. The van der Waals surface area contributed by atoms with Gasteiger partial charge in [0, 0.05) is 16.5 Å². The van der Waals surface area contributed by atoms with Crippen molar-refractivity contribution in [3.8, 4) is 5.69 Å². The largest absolute Gasteiger partial charge is 0.463 e. The summed E-state index contributed by atoms with van der Waals surface area (Å²) in [6.07, 6.45) is 1.58. The first-order valence-electron chi connectivity index (χ1n) is 7.81. The molecule has 26 heavy (non-hydrogen) atoms. The molecule has 1 aliphatic rings. The minimum atomic E-state index is -0.452. The van der Waals surface area contributed by atoms with Gasteiger partial charge >= 0.3 is 12.0 Å². The van der Waals surface area contributed by atoms with Gasteiger partial charge in [0.1, 0.15) is 6.33 Å². The molecule has 2 aromatic rings. The van der Waals surface area contributed by atoms with Crippen LogP contribution in [0, 0.1) is 0 Å². The molecule has 1 aliphatic heterocycles. The van der Waals surface area contributed by atoms with Crippen LogP contribution in [-0.4, -0.2) is 45.7 Å². The highest BCUT2D eigenvalue weighted by Crippen LogP contribution is 2.24. The van der Waals surface area contributed by atoms with E-state index in [0.29, 0.717) is 27.2 Å². The maximum Gasteiger partial charge on any atom is 0.337 e. The SMILES string of the molecule is CCOC(=O)C1=C(CSc2nncn2-c2cccc(Cl)c2)NC(=O)NC1. The van der Waals surface area contributed by atoms with E-state index in [2.05, 4.69) is 20.8 Å². The highest BCUT2D eigenvalue weighted by Gasteiger charge is 2.24. The molecule has 136 valence electrons. The van der Waals surface area contributed by atoms with Crippen molar-refractivity contribution in [2.24, 2.45) is 0 Å². The van der Waals surface area contributed by atoms with Crippen LogP contribution in [0.3, 0.4) is 0 Å². The van der Waals surface area contributed by atoms with Crippen molar-refractivity contribution in [1.29, 1.82) is 0 Å². The summed E-state index contributed by atoms with van der Waals surface area (Å²) in [6, 6.07) is 6.94. The van der Waals surface area contributed by atoms with Crippen LogP contribution in [0.4, 0.5) is 4.79 Å². The molecule has 10 heteroatoms. The summed E-state index contributed by atoms with van der Waals surface area (Å²) in [7, 11) is 0. The minimum Gasteiger partial charge on any atom is -0.463 e. The number of nitrogens with zero attached hydrogens (tertiary/aromatic N) is 3. The van der Waals surface area contributed by atoms with Crippen molar-refractivity contribution in [3.63, 3.8) is 0 Å². The Morgan fingerprint density at radius 3 is 3.08 bits per heavy atom. The summed E-state index contributed by atoms with van der Waals surface area (Å²) in [5, 5.41) is 14.5. The Bertz CT molecular complexity index is 867. The molecule has 0 saturated heterocycles. The first-order valence-corrected chi connectivity index (χ1v) is 9.17. The summed E-state index contributed by atoms with van der Waals surface area (Å²) in [5.41, 5.74) is 1.71. The number of aromatic nitrogens is 3. The van der Waals surface area contributed by atoms with E-state index in [1.165, 1.54) is 11.8 Å². The Morgan fingerprint density at radius 2 is 2.31 bits per heavy atom. The van der Waals surface area contributed by atoms with E-state index in [4.69, 9.17) is 16.3 Å². The predicted octanol–water partition coefficient (Wildman–Crippen LogP) is 2.14. The molecule has 2 heterocycles. The molecule has 1 aromatic carbocycles. The zero-order valence-electron chi connectivity index (χ0n) is 13.9. The highest BCUT2D eigenvalue weighted by molar-refractivity contribution is 7.99. The fraction of sp³-hybridized carbons (Fsp3) is 0.250. The summed E-state index contributed by atoms with van der Waals surface area (Å²) in [5.74, 6) is -0.118. The lowest BCUT2D eigenvalue weighted by Crippen LogP contribution is -2.44. The maximum absolute atomic E-state index is 12.1. The second-order valence-corrected chi connectivity index (χ2v) is 6.62. The van der Waals surface area contributed by atoms with E-state index in [1.54, 1.807) is 30.0 Å². The molecule has 2 N–H and O–H groups in total. The number of halogens is 1. The van der Waals surface area contributed by atoms with Crippen LogP contribution in [0.1, 0.15) is 6.92 Å². The van der Waals surface area contributed by atoms with E-state index < -0.39 is 5.97 Å². The summed E-state index contributed by atoms with van der Waals surface area (Å²) in [4.78, 5) is 23.7. The molecule has 0 unspecified atom stereocenters. The molecule has 0 atom stereocenters. The van der Waals surface area contributed by atoms with Gasteiger partial charge in [-0.1, -0.05) is 29.4 Å². The standard InChI is InChI=1S/C16H16ClN5O3S/c1-2-25-14(23)12-7-18-15(24)20-13(12)8-26-16-21-19-9-22(16)11-5-3-4-10(17)6-11/h3-6,9H,2,7-8H2,1H3,(H2,18,20,24). The second kappa shape index (κ2) is 8.24.